The number of thioether (sulfide) groups is 1. The van der Waals surface area contributed by atoms with Crippen molar-refractivity contribution in [2.24, 2.45) is 0 Å². The largest absolute Gasteiger partial charge is 0.352 e. The molecule has 158 valence electrons. The molecule has 0 N–H and O–H groups in total. The molecule has 0 atom stereocenters. The van der Waals surface area contributed by atoms with Crippen LogP contribution in [0.15, 0.2) is 53.5 Å². The Morgan fingerprint density at radius 3 is 2.87 bits per heavy atom. The molecule has 0 saturated carbocycles. The molecule has 4 heterocycles. The molecule has 1 fully saturated rings. The molecule has 1 aliphatic heterocycles. The van der Waals surface area contributed by atoms with Crippen molar-refractivity contribution in [3.05, 3.63) is 53.4 Å². The SMILES string of the molecule is O=C(CSc1nncn1-c1cccc(Cl)c1)N1CCN(c2ncnc3sccc23)CC1. The number of benzene rings is 1. The molecule has 0 aliphatic carbocycles. The molecule has 8 nitrogen and oxygen atoms in total. The summed E-state index contributed by atoms with van der Waals surface area (Å²) in [5.41, 5.74) is 0.866. The molecule has 1 aliphatic rings. The summed E-state index contributed by atoms with van der Waals surface area (Å²) >= 11 is 9.08. The van der Waals surface area contributed by atoms with Crippen molar-refractivity contribution in [2.45, 2.75) is 5.16 Å². The highest BCUT2D eigenvalue weighted by Crippen LogP contribution is 2.27. The van der Waals surface area contributed by atoms with E-state index in [-0.39, 0.29) is 5.91 Å². The molecule has 0 bridgehead atoms. The summed E-state index contributed by atoms with van der Waals surface area (Å²) in [7, 11) is 0. The third-order valence-corrected chi connectivity index (χ3v) is 7.08. The first-order valence-corrected chi connectivity index (χ1v) is 11.9. The third-order valence-electron chi connectivity index (χ3n) is 5.10. The number of aromatic nitrogens is 5. The van der Waals surface area contributed by atoms with Crippen molar-refractivity contribution in [3.8, 4) is 5.69 Å². The Morgan fingerprint density at radius 2 is 2.03 bits per heavy atom. The van der Waals surface area contributed by atoms with E-state index in [2.05, 4.69) is 31.1 Å². The Bertz CT molecular complexity index is 1220. The van der Waals surface area contributed by atoms with Crippen molar-refractivity contribution >= 4 is 56.6 Å². The van der Waals surface area contributed by atoms with E-state index in [1.54, 1.807) is 24.0 Å². The number of hydrogen-bond acceptors (Lipinski definition) is 8. The lowest BCUT2D eigenvalue weighted by molar-refractivity contribution is -0.128. The van der Waals surface area contributed by atoms with Gasteiger partial charge in [-0.3, -0.25) is 9.36 Å². The van der Waals surface area contributed by atoms with Crippen LogP contribution in [0.5, 0.6) is 0 Å². The highest BCUT2D eigenvalue weighted by Gasteiger charge is 2.24. The fourth-order valence-corrected chi connectivity index (χ4v) is 5.28. The highest BCUT2D eigenvalue weighted by molar-refractivity contribution is 7.99. The molecular weight excluding hydrogens is 454 g/mol. The summed E-state index contributed by atoms with van der Waals surface area (Å²) in [6, 6.07) is 9.51. The van der Waals surface area contributed by atoms with Crippen LogP contribution >= 0.6 is 34.7 Å². The molecule has 1 amide bonds. The summed E-state index contributed by atoms with van der Waals surface area (Å²) in [5, 5.41) is 12.5. The lowest BCUT2D eigenvalue weighted by Crippen LogP contribution is -2.49. The zero-order valence-corrected chi connectivity index (χ0v) is 18.8. The molecular formula is C20H18ClN7OS2. The van der Waals surface area contributed by atoms with Crippen molar-refractivity contribution in [3.63, 3.8) is 0 Å². The summed E-state index contributed by atoms with van der Waals surface area (Å²) in [6.45, 7) is 2.82. The maximum atomic E-state index is 12.8. The van der Waals surface area contributed by atoms with E-state index in [0.29, 0.717) is 29.0 Å². The molecule has 1 aromatic carbocycles. The van der Waals surface area contributed by atoms with E-state index in [1.165, 1.54) is 11.8 Å². The number of carbonyl (C=O) groups is 1. The van der Waals surface area contributed by atoms with Gasteiger partial charge >= 0.3 is 0 Å². The van der Waals surface area contributed by atoms with Crippen LogP contribution in [0, 0.1) is 0 Å². The van der Waals surface area contributed by atoms with Gasteiger partial charge in [0.2, 0.25) is 5.91 Å². The smallest absolute Gasteiger partial charge is 0.233 e. The van der Waals surface area contributed by atoms with E-state index in [1.807, 2.05) is 39.1 Å². The average molecular weight is 472 g/mol. The number of hydrogen-bond donors (Lipinski definition) is 0. The number of anilines is 1. The number of halogens is 1. The first-order chi connectivity index (χ1) is 15.2. The number of piperazine rings is 1. The van der Waals surface area contributed by atoms with Gasteiger partial charge in [0.25, 0.3) is 0 Å². The molecule has 3 aromatic heterocycles. The van der Waals surface area contributed by atoms with Crippen LogP contribution in [0.4, 0.5) is 5.82 Å². The number of rotatable bonds is 5. The second kappa shape index (κ2) is 8.81. The summed E-state index contributed by atoms with van der Waals surface area (Å²) in [4.78, 5) is 26.7. The van der Waals surface area contributed by atoms with Crippen LogP contribution in [0.1, 0.15) is 0 Å². The van der Waals surface area contributed by atoms with Crippen LogP contribution in [-0.4, -0.2) is 67.5 Å². The lowest BCUT2D eigenvalue weighted by Gasteiger charge is -2.35. The topological polar surface area (TPSA) is 80.0 Å². The number of nitrogens with zero attached hydrogens (tertiary/aromatic N) is 7. The second-order valence-corrected chi connectivity index (χ2v) is 9.23. The van der Waals surface area contributed by atoms with E-state index >= 15 is 0 Å². The Hall–Kier alpha value is -2.69. The molecule has 0 spiro atoms. The van der Waals surface area contributed by atoms with Gasteiger partial charge in [0.15, 0.2) is 5.16 Å². The van der Waals surface area contributed by atoms with Crippen LogP contribution < -0.4 is 4.90 Å². The van der Waals surface area contributed by atoms with Crippen molar-refractivity contribution in [1.29, 1.82) is 0 Å². The highest BCUT2D eigenvalue weighted by atomic mass is 35.5. The number of carbonyl (C=O) groups excluding carboxylic acids is 1. The molecule has 5 rings (SSSR count). The third kappa shape index (κ3) is 4.23. The zero-order valence-electron chi connectivity index (χ0n) is 16.4. The number of amides is 1. The van der Waals surface area contributed by atoms with Crippen molar-refractivity contribution in [1.82, 2.24) is 29.6 Å². The fraction of sp³-hybridized carbons (Fsp3) is 0.250. The predicted octanol–water partition coefficient (Wildman–Crippen LogP) is 3.37. The van der Waals surface area contributed by atoms with E-state index in [4.69, 9.17) is 11.6 Å². The second-order valence-electron chi connectivity index (χ2n) is 6.96. The minimum atomic E-state index is 0.0914. The first kappa shape index (κ1) is 20.2. The Labute approximate surface area is 191 Å². The minimum absolute atomic E-state index is 0.0914. The number of thiophene rings is 1. The molecule has 11 heteroatoms. The molecule has 0 unspecified atom stereocenters. The normalized spacial score (nSPS) is 14.4. The Balaban J connectivity index is 1.20. The average Bonchev–Trinajstić information content (AvgIpc) is 3.47. The maximum Gasteiger partial charge on any atom is 0.233 e. The predicted molar refractivity (Wildman–Crippen MR) is 123 cm³/mol. The number of fused-ring (bicyclic) bond motifs is 1. The van der Waals surface area contributed by atoms with Gasteiger partial charge in [0.05, 0.1) is 16.8 Å². The van der Waals surface area contributed by atoms with Gasteiger partial charge in [-0.15, -0.1) is 21.5 Å². The van der Waals surface area contributed by atoms with Gasteiger partial charge in [-0.1, -0.05) is 29.4 Å². The summed E-state index contributed by atoms with van der Waals surface area (Å²) in [6.07, 6.45) is 3.24. The van der Waals surface area contributed by atoms with Crippen LogP contribution in [0.2, 0.25) is 5.02 Å². The quantitative estimate of drug-likeness (QED) is 0.413. The Kier molecular flexibility index (Phi) is 5.75. The van der Waals surface area contributed by atoms with Crippen LogP contribution in [0.25, 0.3) is 15.9 Å². The lowest BCUT2D eigenvalue weighted by atomic mass is 10.2. The molecule has 4 aromatic rings. The van der Waals surface area contributed by atoms with Gasteiger partial charge in [0, 0.05) is 31.2 Å². The Morgan fingerprint density at radius 1 is 1.16 bits per heavy atom. The van der Waals surface area contributed by atoms with E-state index < -0.39 is 0 Å². The monoisotopic (exact) mass is 471 g/mol. The minimum Gasteiger partial charge on any atom is -0.352 e. The zero-order chi connectivity index (χ0) is 21.2. The fourth-order valence-electron chi connectivity index (χ4n) is 3.54. The van der Waals surface area contributed by atoms with Crippen LogP contribution in [0.3, 0.4) is 0 Å². The summed E-state index contributed by atoms with van der Waals surface area (Å²) < 4.78 is 1.84. The van der Waals surface area contributed by atoms with Gasteiger partial charge in [0.1, 0.15) is 23.3 Å². The first-order valence-electron chi connectivity index (χ1n) is 9.69. The van der Waals surface area contributed by atoms with E-state index in [0.717, 1.165) is 34.8 Å². The van der Waals surface area contributed by atoms with Crippen molar-refractivity contribution < 1.29 is 4.79 Å². The van der Waals surface area contributed by atoms with Crippen LogP contribution in [-0.2, 0) is 4.79 Å². The summed E-state index contributed by atoms with van der Waals surface area (Å²) in [5.74, 6) is 1.35. The van der Waals surface area contributed by atoms with Gasteiger partial charge in [-0.2, -0.15) is 0 Å². The van der Waals surface area contributed by atoms with Gasteiger partial charge in [-0.05, 0) is 29.6 Å². The molecule has 1 saturated heterocycles. The molecule has 0 radical (unpaired) electrons. The van der Waals surface area contributed by atoms with Gasteiger partial charge < -0.3 is 9.80 Å². The standard InChI is InChI=1S/C20H18ClN7OS2/c21-14-2-1-3-15(10-14)28-13-24-25-20(28)31-11-17(29)26-5-7-27(8-6-26)18-16-4-9-30-19(16)23-12-22-18/h1-4,9-10,12-13H,5-8,11H2. The maximum absolute atomic E-state index is 12.8. The molecule has 31 heavy (non-hydrogen) atoms. The van der Waals surface area contributed by atoms with Gasteiger partial charge in [-0.25, -0.2) is 9.97 Å². The van der Waals surface area contributed by atoms with Crippen molar-refractivity contribution in [2.75, 3.05) is 36.8 Å². The van der Waals surface area contributed by atoms with E-state index in [9.17, 15) is 4.79 Å².